The van der Waals surface area contributed by atoms with Gasteiger partial charge in [0.15, 0.2) is 0 Å². The monoisotopic (exact) mass is 383 g/mol. The molecule has 2 aliphatic rings. The maximum atomic E-state index is 12.9. The number of carbonyl (C=O) groups excluding carboxylic acids is 2. The number of likely N-dealkylation sites (tertiary alicyclic amines) is 1. The molecule has 2 aliphatic heterocycles. The van der Waals surface area contributed by atoms with E-state index in [2.05, 4.69) is 9.80 Å². The summed E-state index contributed by atoms with van der Waals surface area (Å²) in [5.41, 5.74) is 2.00. The van der Waals surface area contributed by atoms with Gasteiger partial charge in [-0.2, -0.15) is 0 Å². The third kappa shape index (κ3) is 3.70. The van der Waals surface area contributed by atoms with Crippen molar-refractivity contribution < 1.29 is 9.59 Å². The molecule has 140 valence electrons. The number of imide groups is 1. The molecule has 0 aliphatic carbocycles. The number of anilines is 1. The zero-order valence-corrected chi connectivity index (χ0v) is 15.8. The van der Waals surface area contributed by atoms with Gasteiger partial charge in [0.2, 0.25) is 11.8 Å². The van der Waals surface area contributed by atoms with E-state index in [0.717, 1.165) is 42.5 Å². The van der Waals surface area contributed by atoms with E-state index in [0.29, 0.717) is 6.54 Å². The number of amides is 2. The van der Waals surface area contributed by atoms with Crippen LogP contribution in [0, 0.1) is 0 Å². The van der Waals surface area contributed by atoms with Gasteiger partial charge in [0.05, 0.1) is 29.7 Å². The molecular weight excluding hydrogens is 362 g/mol. The van der Waals surface area contributed by atoms with Gasteiger partial charge in [0.1, 0.15) is 0 Å². The molecule has 0 unspecified atom stereocenters. The average molecular weight is 384 g/mol. The van der Waals surface area contributed by atoms with E-state index in [9.17, 15) is 9.59 Å². The van der Waals surface area contributed by atoms with E-state index in [1.807, 2.05) is 54.6 Å². The molecule has 0 spiro atoms. The second-order valence-electron chi connectivity index (χ2n) is 7.00. The molecule has 5 nitrogen and oxygen atoms in total. The third-order valence-corrected chi connectivity index (χ3v) is 5.67. The molecule has 6 heteroatoms. The van der Waals surface area contributed by atoms with Gasteiger partial charge in [-0.25, -0.2) is 0 Å². The normalized spacial score (nSPS) is 21.1. The summed E-state index contributed by atoms with van der Waals surface area (Å²) in [5, 5.41) is 0.743. The van der Waals surface area contributed by atoms with Crippen molar-refractivity contribution in [2.45, 2.75) is 19.0 Å². The molecule has 1 atom stereocenters. The van der Waals surface area contributed by atoms with Gasteiger partial charge in [0, 0.05) is 26.2 Å². The fraction of sp³-hybridized carbons (Fsp3) is 0.333. The average Bonchev–Trinajstić information content (AvgIpc) is 2.98. The molecule has 2 aromatic carbocycles. The SMILES string of the molecule is O=C1C[C@@H](N2CCN(c3ccccc3Cl)CC2)C(=O)N1Cc1ccccc1. The van der Waals surface area contributed by atoms with Crippen LogP contribution in [0.2, 0.25) is 5.02 Å². The quantitative estimate of drug-likeness (QED) is 0.761. The van der Waals surface area contributed by atoms with E-state index in [4.69, 9.17) is 11.6 Å². The van der Waals surface area contributed by atoms with Crippen LogP contribution in [0.4, 0.5) is 5.69 Å². The summed E-state index contributed by atoms with van der Waals surface area (Å²) in [6, 6.07) is 17.1. The summed E-state index contributed by atoms with van der Waals surface area (Å²) in [5.74, 6) is -0.155. The molecule has 0 N–H and O–H groups in total. The van der Waals surface area contributed by atoms with Crippen molar-refractivity contribution in [3.05, 3.63) is 65.2 Å². The Labute approximate surface area is 164 Å². The number of hydrogen-bond acceptors (Lipinski definition) is 4. The van der Waals surface area contributed by atoms with Gasteiger partial charge in [-0.15, -0.1) is 0 Å². The zero-order chi connectivity index (χ0) is 18.8. The number of para-hydroxylation sites is 1. The number of benzene rings is 2. The lowest BCUT2D eigenvalue weighted by Crippen LogP contribution is -2.52. The number of piperazine rings is 1. The Morgan fingerprint density at radius 3 is 2.26 bits per heavy atom. The number of nitrogens with zero attached hydrogens (tertiary/aromatic N) is 3. The number of hydrogen-bond donors (Lipinski definition) is 0. The summed E-state index contributed by atoms with van der Waals surface area (Å²) in [4.78, 5) is 31.1. The minimum atomic E-state index is -0.338. The first kappa shape index (κ1) is 18.0. The fourth-order valence-corrected chi connectivity index (χ4v) is 4.12. The van der Waals surface area contributed by atoms with Crippen LogP contribution in [0.25, 0.3) is 0 Å². The topological polar surface area (TPSA) is 43.9 Å². The molecule has 0 saturated carbocycles. The van der Waals surface area contributed by atoms with Crippen molar-refractivity contribution in [2.75, 3.05) is 31.1 Å². The van der Waals surface area contributed by atoms with Gasteiger partial charge in [-0.05, 0) is 17.7 Å². The Morgan fingerprint density at radius 2 is 1.56 bits per heavy atom. The van der Waals surface area contributed by atoms with E-state index < -0.39 is 0 Å². The van der Waals surface area contributed by atoms with E-state index in [1.165, 1.54) is 4.90 Å². The summed E-state index contributed by atoms with van der Waals surface area (Å²) < 4.78 is 0. The lowest BCUT2D eigenvalue weighted by atomic mass is 10.1. The standard InChI is InChI=1S/C21H22ClN3O2/c22-17-8-4-5-9-18(17)23-10-12-24(13-11-23)19-14-20(26)25(21(19)27)15-16-6-2-1-3-7-16/h1-9,19H,10-15H2/t19-/m1/s1. The highest BCUT2D eigenvalue weighted by atomic mass is 35.5. The zero-order valence-electron chi connectivity index (χ0n) is 15.1. The molecule has 2 fully saturated rings. The van der Waals surface area contributed by atoms with Gasteiger partial charge < -0.3 is 4.90 Å². The van der Waals surface area contributed by atoms with Crippen molar-refractivity contribution >= 4 is 29.1 Å². The van der Waals surface area contributed by atoms with Gasteiger partial charge in [-0.1, -0.05) is 54.1 Å². The van der Waals surface area contributed by atoms with Crippen molar-refractivity contribution in [3.63, 3.8) is 0 Å². The first-order valence-corrected chi connectivity index (χ1v) is 9.63. The van der Waals surface area contributed by atoms with Crippen molar-refractivity contribution in [1.29, 1.82) is 0 Å². The summed E-state index contributed by atoms with van der Waals surface area (Å²) >= 11 is 6.30. The Balaban J connectivity index is 1.39. The molecular formula is C21H22ClN3O2. The molecule has 0 aromatic heterocycles. The van der Waals surface area contributed by atoms with E-state index >= 15 is 0 Å². The number of halogens is 1. The minimum Gasteiger partial charge on any atom is -0.368 e. The lowest BCUT2D eigenvalue weighted by molar-refractivity contribution is -0.140. The summed E-state index contributed by atoms with van der Waals surface area (Å²) in [6.45, 7) is 3.43. The molecule has 0 bridgehead atoms. The summed E-state index contributed by atoms with van der Waals surface area (Å²) in [6.07, 6.45) is 0.276. The van der Waals surface area contributed by atoms with Crippen LogP contribution in [0.5, 0.6) is 0 Å². The van der Waals surface area contributed by atoms with Gasteiger partial charge >= 0.3 is 0 Å². The number of rotatable bonds is 4. The molecule has 4 rings (SSSR count). The van der Waals surface area contributed by atoms with Crippen LogP contribution in [-0.4, -0.2) is 53.8 Å². The Bertz CT molecular complexity index is 834. The van der Waals surface area contributed by atoms with Crippen LogP contribution >= 0.6 is 11.6 Å². The smallest absolute Gasteiger partial charge is 0.247 e. The van der Waals surface area contributed by atoms with Gasteiger partial charge in [0.25, 0.3) is 0 Å². The first-order valence-electron chi connectivity index (χ1n) is 9.25. The highest BCUT2D eigenvalue weighted by Crippen LogP contribution is 2.28. The third-order valence-electron chi connectivity index (χ3n) is 5.35. The number of carbonyl (C=O) groups is 2. The second kappa shape index (κ2) is 7.71. The fourth-order valence-electron chi connectivity index (χ4n) is 3.87. The minimum absolute atomic E-state index is 0.0740. The largest absolute Gasteiger partial charge is 0.368 e. The van der Waals surface area contributed by atoms with Crippen LogP contribution in [0.15, 0.2) is 54.6 Å². The molecule has 0 radical (unpaired) electrons. The first-order chi connectivity index (χ1) is 13.1. The van der Waals surface area contributed by atoms with Crippen LogP contribution < -0.4 is 4.90 Å². The molecule has 27 heavy (non-hydrogen) atoms. The predicted octanol–water partition coefficient (Wildman–Crippen LogP) is 2.79. The van der Waals surface area contributed by atoms with Crippen molar-refractivity contribution in [2.24, 2.45) is 0 Å². The van der Waals surface area contributed by atoms with Crippen molar-refractivity contribution in [1.82, 2.24) is 9.80 Å². The molecule has 2 aromatic rings. The van der Waals surface area contributed by atoms with Gasteiger partial charge in [-0.3, -0.25) is 19.4 Å². The molecule has 2 heterocycles. The van der Waals surface area contributed by atoms with Crippen LogP contribution in [0.3, 0.4) is 0 Å². The highest BCUT2D eigenvalue weighted by molar-refractivity contribution is 6.33. The Kier molecular flexibility index (Phi) is 5.14. The molecule has 2 saturated heterocycles. The molecule has 2 amide bonds. The maximum absolute atomic E-state index is 12.9. The maximum Gasteiger partial charge on any atom is 0.247 e. The van der Waals surface area contributed by atoms with Crippen LogP contribution in [0.1, 0.15) is 12.0 Å². The summed E-state index contributed by atoms with van der Waals surface area (Å²) in [7, 11) is 0. The Hall–Kier alpha value is -2.37. The Morgan fingerprint density at radius 1 is 0.889 bits per heavy atom. The van der Waals surface area contributed by atoms with E-state index in [-0.39, 0.29) is 24.3 Å². The van der Waals surface area contributed by atoms with Crippen molar-refractivity contribution in [3.8, 4) is 0 Å². The lowest BCUT2D eigenvalue weighted by Gasteiger charge is -2.38. The highest BCUT2D eigenvalue weighted by Gasteiger charge is 2.42. The van der Waals surface area contributed by atoms with E-state index in [1.54, 1.807) is 0 Å². The second-order valence-corrected chi connectivity index (χ2v) is 7.41. The van der Waals surface area contributed by atoms with Crippen LogP contribution in [-0.2, 0) is 16.1 Å². The predicted molar refractivity (Wildman–Crippen MR) is 106 cm³/mol.